The molecule has 304 valence electrons. The summed E-state index contributed by atoms with van der Waals surface area (Å²) in [7, 11) is 0. The van der Waals surface area contributed by atoms with Crippen LogP contribution < -0.4 is 0 Å². The summed E-state index contributed by atoms with van der Waals surface area (Å²) in [6.45, 7) is 15.6. The summed E-state index contributed by atoms with van der Waals surface area (Å²) in [5.74, 6) is 0.491. The smallest absolute Gasteiger partial charge is 0.465 e. The van der Waals surface area contributed by atoms with E-state index in [0.717, 1.165) is 77.3 Å². The minimum Gasteiger partial charge on any atom is -0.465 e. The van der Waals surface area contributed by atoms with Crippen molar-refractivity contribution in [1.29, 1.82) is 0 Å². The molecule has 0 saturated heterocycles. The van der Waals surface area contributed by atoms with Crippen molar-refractivity contribution in [2.45, 2.75) is 214 Å². The van der Waals surface area contributed by atoms with Crippen molar-refractivity contribution in [2.24, 2.45) is 11.3 Å². The number of unbranched alkanes of at least 4 members (excludes halogenated alkanes) is 18. The number of aliphatic hydroxyl groups is 1. The predicted octanol–water partition coefficient (Wildman–Crippen LogP) is 12.6. The van der Waals surface area contributed by atoms with Gasteiger partial charge in [0.2, 0.25) is 0 Å². The first-order valence-electron chi connectivity index (χ1n) is 22.1. The van der Waals surface area contributed by atoms with E-state index in [0.29, 0.717) is 38.7 Å². The second-order valence-electron chi connectivity index (χ2n) is 16.1. The molecule has 0 aliphatic rings. The highest BCUT2D eigenvalue weighted by Gasteiger charge is 2.20. The zero-order valence-corrected chi connectivity index (χ0v) is 34.8. The maximum atomic E-state index is 12.7. The molecule has 7 heteroatoms. The van der Waals surface area contributed by atoms with Crippen molar-refractivity contribution >= 4 is 12.1 Å². The zero-order chi connectivity index (χ0) is 37.7. The van der Waals surface area contributed by atoms with Crippen LogP contribution >= 0.6 is 0 Å². The molecule has 0 unspecified atom stereocenters. The van der Waals surface area contributed by atoms with Crippen LogP contribution in [0.3, 0.4) is 0 Å². The maximum Gasteiger partial charge on any atom is 0.508 e. The summed E-state index contributed by atoms with van der Waals surface area (Å²) < 4.78 is 16.3. The third-order valence-corrected chi connectivity index (χ3v) is 10.5. The quantitative estimate of drug-likeness (QED) is 0.0499. The average Bonchev–Trinajstić information content (AvgIpc) is 3.11. The van der Waals surface area contributed by atoms with Crippen molar-refractivity contribution < 1.29 is 28.9 Å². The number of carbonyl (C=O) groups excluding carboxylic acids is 2. The maximum absolute atomic E-state index is 12.7. The molecular weight excluding hydrogens is 638 g/mol. The topological polar surface area (TPSA) is 85.3 Å². The van der Waals surface area contributed by atoms with Crippen molar-refractivity contribution in [3.8, 4) is 0 Å². The van der Waals surface area contributed by atoms with Gasteiger partial charge in [-0.25, -0.2) is 4.79 Å². The van der Waals surface area contributed by atoms with Crippen LogP contribution in [0.1, 0.15) is 214 Å². The standard InChI is InChI=1S/C44H87NO6/c1-6-9-12-15-16-20-27-38-49-43(48)50-39-28-21-19-25-34-45(36-37-46)35-26-24-32-44(4,5)33-31-42(47)51-40-41(29-22-17-13-10-7-2)30-23-18-14-11-8-3/h41,46H,6-40H2,1-5H3. The largest absolute Gasteiger partial charge is 0.508 e. The number of hydrogen-bond acceptors (Lipinski definition) is 7. The summed E-state index contributed by atoms with van der Waals surface area (Å²) >= 11 is 0. The van der Waals surface area contributed by atoms with Gasteiger partial charge in [0.05, 0.1) is 26.4 Å². The van der Waals surface area contributed by atoms with Gasteiger partial charge < -0.3 is 24.2 Å². The lowest BCUT2D eigenvalue weighted by atomic mass is 9.82. The molecule has 0 aromatic heterocycles. The molecule has 0 aromatic rings. The number of rotatable bonds is 39. The summed E-state index contributed by atoms with van der Waals surface area (Å²) in [4.78, 5) is 26.9. The Morgan fingerprint density at radius 2 is 1.00 bits per heavy atom. The summed E-state index contributed by atoms with van der Waals surface area (Å²) in [6, 6.07) is 0. The Hall–Kier alpha value is -1.34. The molecule has 0 bridgehead atoms. The average molecular weight is 726 g/mol. The van der Waals surface area contributed by atoms with E-state index in [2.05, 4.69) is 39.5 Å². The van der Waals surface area contributed by atoms with Crippen LogP contribution in [0.25, 0.3) is 0 Å². The van der Waals surface area contributed by atoms with Gasteiger partial charge >= 0.3 is 12.1 Å². The Kier molecular flexibility index (Phi) is 36.0. The molecule has 51 heavy (non-hydrogen) atoms. The van der Waals surface area contributed by atoms with E-state index >= 15 is 0 Å². The van der Waals surface area contributed by atoms with Crippen molar-refractivity contribution in [1.82, 2.24) is 4.90 Å². The van der Waals surface area contributed by atoms with Crippen molar-refractivity contribution in [3.63, 3.8) is 0 Å². The van der Waals surface area contributed by atoms with Gasteiger partial charge in [-0.1, -0.05) is 157 Å². The van der Waals surface area contributed by atoms with Crippen LogP contribution in [-0.4, -0.2) is 68.2 Å². The molecule has 0 saturated carbocycles. The third-order valence-electron chi connectivity index (χ3n) is 10.5. The van der Waals surface area contributed by atoms with E-state index in [-0.39, 0.29) is 18.0 Å². The van der Waals surface area contributed by atoms with Gasteiger partial charge in [-0.3, -0.25) is 4.79 Å². The van der Waals surface area contributed by atoms with Crippen LogP contribution in [0, 0.1) is 11.3 Å². The fourth-order valence-corrected chi connectivity index (χ4v) is 6.85. The number of ether oxygens (including phenoxy) is 3. The lowest BCUT2D eigenvalue weighted by molar-refractivity contribution is -0.145. The van der Waals surface area contributed by atoms with E-state index in [1.807, 2.05) is 0 Å². The SMILES string of the molecule is CCCCCCCCCOC(=O)OCCCCCCN(CCO)CCCCC(C)(C)CCC(=O)OCC(CCCCCCC)CCCCCCC. The highest BCUT2D eigenvalue weighted by atomic mass is 16.7. The number of esters is 1. The molecule has 0 heterocycles. The van der Waals surface area contributed by atoms with Gasteiger partial charge in [0.15, 0.2) is 0 Å². The van der Waals surface area contributed by atoms with E-state index in [4.69, 9.17) is 14.2 Å². The lowest BCUT2D eigenvalue weighted by Crippen LogP contribution is -2.29. The summed E-state index contributed by atoms with van der Waals surface area (Å²) in [6.07, 6.45) is 31.9. The van der Waals surface area contributed by atoms with E-state index in [1.54, 1.807) is 0 Å². The third kappa shape index (κ3) is 35.5. The first-order valence-corrected chi connectivity index (χ1v) is 22.1. The van der Waals surface area contributed by atoms with E-state index in [1.165, 1.54) is 109 Å². The van der Waals surface area contributed by atoms with Crippen LogP contribution in [0.4, 0.5) is 4.79 Å². The Balaban J connectivity index is 4.11. The zero-order valence-electron chi connectivity index (χ0n) is 34.8. The van der Waals surface area contributed by atoms with Gasteiger partial charge in [-0.2, -0.15) is 0 Å². The summed E-state index contributed by atoms with van der Waals surface area (Å²) in [5.41, 5.74) is 0.112. The molecule has 0 aliphatic heterocycles. The Morgan fingerprint density at radius 3 is 1.51 bits per heavy atom. The molecule has 0 radical (unpaired) electrons. The fourth-order valence-electron chi connectivity index (χ4n) is 6.85. The van der Waals surface area contributed by atoms with Gasteiger partial charge in [0, 0.05) is 13.0 Å². The molecular formula is C44H87NO6. The number of nitrogens with zero attached hydrogens (tertiary/aromatic N) is 1. The van der Waals surface area contributed by atoms with Crippen LogP contribution in [0.2, 0.25) is 0 Å². The summed E-state index contributed by atoms with van der Waals surface area (Å²) in [5, 5.41) is 9.58. The molecule has 0 rings (SSSR count). The minimum atomic E-state index is -0.533. The van der Waals surface area contributed by atoms with Crippen molar-refractivity contribution in [2.75, 3.05) is 46.1 Å². The first-order chi connectivity index (χ1) is 24.8. The number of aliphatic hydroxyl groups excluding tert-OH is 1. The van der Waals surface area contributed by atoms with Crippen LogP contribution in [0.15, 0.2) is 0 Å². The molecule has 0 aliphatic carbocycles. The molecule has 1 N–H and O–H groups in total. The molecule has 0 aromatic carbocycles. The molecule has 0 atom stereocenters. The monoisotopic (exact) mass is 726 g/mol. The Labute approximate surface area is 317 Å². The Morgan fingerprint density at radius 1 is 0.549 bits per heavy atom. The molecule has 7 nitrogen and oxygen atoms in total. The van der Waals surface area contributed by atoms with Gasteiger partial charge in [-0.15, -0.1) is 0 Å². The lowest BCUT2D eigenvalue weighted by Gasteiger charge is -2.26. The number of carbonyl (C=O) groups is 2. The fraction of sp³-hybridized carbons (Fsp3) is 0.955. The highest BCUT2D eigenvalue weighted by Crippen LogP contribution is 2.29. The molecule has 0 fully saturated rings. The second-order valence-corrected chi connectivity index (χ2v) is 16.1. The molecule has 0 amide bonds. The van der Waals surface area contributed by atoms with Gasteiger partial charge in [0.1, 0.15) is 0 Å². The van der Waals surface area contributed by atoms with E-state index in [9.17, 15) is 14.7 Å². The van der Waals surface area contributed by atoms with Crippen LogP contribution in [-0.2, 0) is 19.0 Å². The Bertz CT molecular complexity index is 746. The van der Waals surface area contributed by atoms with E-state index < -0.39 is 6.16 Å². The molecule has 0 spiro atoms. The van der Waals surface area contributed by atoms with Gasteiger partial charge in [0.25, 0.3) is 0 Å². The normalized spacial score (nSPS) is 11.8. The first kappa shape index (κ1) is 49.7. The van der Waals surface area contributed by atoms with Crippen molar-refractivity contribution in [3.05, 3.63) is 0 Å². The minimum absolute atomic E-state index is 0.0236. The predicted molar refractivity (Wildman–Crippen MR) is 215 cm³/mol. The number of hydrogen-bond donors (Lipinski definition) is 1. The highest BCUT2D eigenvalue weighted by molar-refractivity contribution is 5.69. The van der Waals surface area contributed by atoms with Gasteiger partial charge in [-0.05, 0) is 75.8 Å². The van der Waals surface area contributed by atoms with Crippen LogP contribution in [0.5, 0.6) is 0 Å². The second kappa shape index (κ2) is 37.0.